The van der Waals surface area contributed by atoms with Gasteiger partial charge in [-0.2, -0.15) is 11.8 Å². The standard InChI is InChI=1S/C14H19N3OS2/c1-3-4-15-12-10-7-9(2)20-14(10)17-13(16-12)11-8-19-6-5-18-11/h7,11H,3-6,8H2,1-2H3,(H,15,16,17). The molecule has 1 unspecified atom stereocenters. The Hall–Kier alpha value is -0.850. The highest BCUT2D eigenvalue weighted by Gasteiger charge is 2.21. The predicted octanol–water partition coefficient (Wildman–Crippen LogP) is 3.63. The van der Waals surface area contributed by atoms with Crippen LogP contribution in [0.15, 0.2) is 6.07 Å². The number of anilines is 1. The maximum absolute atomic E-state index is 5.81. The van der Waals surface area contributed by atoms with Gasteiger partial charge in [-0.05, 0) is 19.4 Å². The number of fused-ring (bicyclic) bond motifs is 1. The minimum absolute atomic E-state index is 0.0303. The molecule has 2 aromatic rings. The van der Waals surface area contributed by atoms with Crippen molar-refractivity contribution in [3.63, 3.8) is 0 Å². The number of hydrogen-bond acceptors (Lipinski definition) is 6. The lowest BCUT2D eigenvalue weighted by atomic mass is 10.3. The monoisotopic (exact) mass is 309 g/mol. The molecule has 0 amide bonds. The van der Waals surface area contributed by atoms with E-state index in [0.29, 0.717) is 0 Å². The minimum Gasteiger partial charge on any atom is -0.369 e. The summed E-state index contributed by atoms with van der Waals surface area (Å²) in [6, 6.07) is 2.16. The maximum atomic E-state index is 5.81. The molecule has 0 spiro atoms. The predicted molar refractivity (Wildman–Crippen MR) is 87.0 cm³/mol. The van der Waals surface area contributed by atoms with Gasteiger partial charge in [-0.1, -0.05) is 6.92 Å². The van der Waals surface area contributed by atoms with E-state index in [1.807, 2.05) is 11.8 Å². The number of aromatic nitrogens is 2. The molecule has 3 heterocycles. The number of aryl methyl sites for hydroxylation is 1. The van der Waals surface area contributed by atoms with E-state index in [2.05, 4.69) is 25.2 Å². The molecule has 0 saturated carbocycles. The van der Waals surface area contributed by atoms with Crippen molar-refractivity contribution < 1.29 is 4.74 Å². The summed E-state index contributed by atoms with van der Waals surface area (Å²) in [5.41, 5.74) is 0. The fourth-order valence-corrected chi connectivity index (χ4v) is 3.94. The highest BCUT2D eigenvalue weighted by Crippen LogP contribution is 2.32. The first kappa shape index (κ1) is 14.1. The van der Waals surface area contributed by atoms with Crippen molar-refractivity contribution in [3.8, 4) is 0 Å². The minimum atomic E-state index is 0.0303. The van der Waals surface area contributed by atoms with Crippen molar-refractivity contribution >= 4 is 39.1 Å². The van der Waals surface area contributed by atoms with E-state index in [1.165, 1.54) is 4.88 Å². The van der Waals surface area contributed by atoms with Gasteiger partial charge in [0, 0.05) is 22.9 Å². The van der Waals surface area contributed by atoms with Gasteiger partial charge in [0.2, 0.25) is 0 Å². The Bertz CT molecular complexity index is 593. The fourth-order valence-electron chi connectivity index (χ4n) is 2.22. The van der Waals surface area contributed by atoms with Crippen molar-refractivity contribution in [1.29, 1.82) is 0 Å². The first-order valence-corrected chi connectivity index (χ1v) is 8.96. The molecule has 1 atom stereocenters. The molecule has 108 valence electrons. The van der Waals surface area contributed by atoms with Gasteiger partial charge in [-0.3, -0.25) is 0 Å². The molecule has 1 aliphatic rings. The number of nitrogens with zero attached hydrogens (tertiary/aromatic N) is 2. The van der Waals surface area contributed by atoms with Crippen molar-refractivity contribution in [2.24, 2.45) is 0 Å². The summed E-state index contributed by atoms with van der Waals surface area (Å²) in [6.07, 6.45) is 1.11. The molecule has 1 saturated heterocycles. The zero-order valence-electron chi connectivity index (χ0n) is 11.8. The van der Waals surface area contributed by atoms with Gasteiger partial charge in [-0.25, -0.2) is 9.97 Å². The summed E-state index contributed by atoms with van der Waals surface area (Å²) >= 11 is 3.63. The summed E-state index contributed by atoms with van der Waals surface area (Å²) in [7, 11) is 0. The molecule has 4 nitrogen and oxygen atoms in total. The van der Waals surface area contributed by atoms with Crippen LogP contribution in [0.3, 0.4) is 0 Å². The maximum Gasteiger partial charge on any atom is 0.162 e. The van der Waals surface area contributed by atoms with Crippen molar-refractivity contribution in [2.75, 3.05) is 30.0 Å². The lowest BCUT2D eigenvalue weighted by Crippen LogP contribution is -2.18. The third kappa shape index (κ3) is 2.92. The van der Waals surface area contributed by atoms with Gasteiger partial charge in [0.1, 0.15) is 16.8 Å². The van der Waals surface area contributed by atoms with E-state index < -0.39 is 0 Å². The first-order chi connectivity index (χ1) is 9.78. The molecule has 0 aromatic carbocycles. The smallest absolute Gasteiger partial charge is 0.162 e. The van der Waals surface area contributed by atoms with Crippen LogP contribution in [-0.4, -0.2) is 34.6 Å². The summed E-state index contributed by atoms with van der Waals surface area (Å²) in [6.45, 7) is 5.99. The molecular weight excluding hydrogens is 290 g/mol. The fraction of sp³-hybridized carbons (Fsp3) is 0.571. The molecule has 0 aliphatic carbocycles. The Labute approximate surface area is 127 Å². The number of ether oxygens (including phenoxy) is 1. The molecule has 3 rings (SSSR count). The number of thioether (sulfide) groups is 1. The van der Waals surface area contributed by atoms with Crippen LogP contribution in [0.1, 0.15) is 30.2 Å². The second-order valence-corrected chi connectivity index (χ2v) is 7.25. The molecule has 20 heavy (non-hydrogen) atoms. The van der Waals surface area contributed by atoms with Gasteiger partial charge in [0.05, 0.1) is 12.0 Å². The molecule has 0 bridgehead atoms. The highest BCUT2D eigenvalue weighted by molar-refractivity contribution is 7.99. The summed E-state index contributed by atoms with van der Waals surface area (Å²) in [5, 5.41) is 4.56. The van der Waals surface area contributed by atoms with Crippen molar-refractivity contribution in [2.45, 2.75) is 26.4 Å². The molecule has 0 radical (unpaired) electrons. The topological polar surface area (TPSA) is 47.0 Å². The van der Waals surface area contributed by atoms with E-state index in [-0.39, 0.29) is 6.10 Å². The van der Waals surface area contributed by atoms with E-state index in [9.17, 15) is 0 Å². The number of thiophene rings is 1. The van der Waals surface area contributed by atoms with Crippen LogP contribution in [0.25, 0.3) is 10.2 Å². The largest absolute Gasteiger partial charge is 0.369 e. The highest BCUT2D eigenvalue weighted by atomic mass is 32.2. The van der Waals surface area contributed by atoms with E-state index in [4.69, 9.17) is 14.7 Å². The Morgan fingerprint density at radius 1 is 1.45 bits per heavy atom. The van der Waals surface area contributed by atoms with Crippen molar-refractivity contribution in [1.82, 2.24) is 9.97 Å². The second kappa shape index (κ2) is 6.28. The molecule has 6 heteroatoms. The van der Waals surface area contributed by atoms with Crippen LogP contribution in [0, 0.1) is 6.92 Å². The van der Waals surface area contributed by atoms with E-state index in [0.717, 1.165) is 52.9 Å². The normalized spacial score (nSPS) is 19.4. The van der Waals surface area contributed by atoms with Crippen LogP contribution in [0.5, 0.6) is 0 Å². The Morgan fingerprint density at radius 3 is 3.10 bits per heavy atom. The molecule has 1 N–H and O–H groups in total. The third-order valence-electron chi connectivity index (χ3n) is 3.18. The Morgan fingerprint density at radius 2 is 2.35 bits per heavy atom. The average Bonchev–Trinajstić information content (AvgIpc) is 2.86. The van der Waals surface area contributed by atoms with E-state index in [1.54, 1.807) is 11.3 Å². The zero-order valence-corrected chi connectivity index (χ0v) is 13.4. The van der Waals surface area contributed by atoms with Crippen LogP contribution in [0.2, 0.25) is 0 Å². The second-order valence-electron chi connectivity index (χ2n) is 4.87. The van der Waals surface area contributed by atoms with Gasteiger partial charge in [0.25, 0.3) is 0 Å². The third-order valence-corrected chi connectivity index (χ3v) is 5.12. The molecule has 1 fully saturated rings. The number of hydrogen-bond donors (Lipinski definition) is 1. The van der Waals surface area contributed by atoms with E-state index >= 15 is 0 Å². The Balaban J connectivity index is 1.99. The van der Waals surface area contributed by atoms with Crippen LogP contribution in [-0.2, 0) is 4.74 Å². The molecular formula is C14H19N3OS2. The molecule has 1 aliphatic heterocycles. The van der Waals surface area contributed by atoms with Crippen LogP contribution in [0.4, 0.5) is 5.82 Å². The summed E-state index contributed by atoms with van der Waals surface area (Å²) in [4.78, 5) is 11.8. The molecule has 2 aromatic heterocycles. The average molecular weight is 309 g/mol. The lowest BCUT2D eigenvalue weighted by Gasteiger charge is -2.21. The van der Waals surface area contributed by atoms with Crippen LogP contribution >= 0.6 is 23.1 Å². The summed E-state index contributed by atoms with van der Waals surface area (Å²) < 4.78 is 5.81. The quantitative estimate of drug-likeness (QED) is 0.934. The number of rotatable bonds is 4. The SMILES string of the molecule is CCCNc1nc(C2CSCCO2)nc2sc(C)cc12. The lowest BCUT2D eigenvalue weighted by molar-refractivity contribution is 0.0698. The summed E-state index contributed by atoms with van der Waals surface area (Å²) in [5.74, 6) is 3.79. The van der Waals surface area contributed by atoms with Gasteiger partial charge in [0.15, 0.2) is 5.82 Å². The van der Waals surface area contributed by atoms with Gasteiger partial charge in [-0.15, -0.1) is 11.3 Å². The Kier molecular flexibility index (Phi) is 4.43. The zero-order chi connectivity index (χ0) is 13.9. The first-order valence-electron chi connectivity index (χ1n) is 6.99. The van der Waals surface area contributed by atoms with Gasteiger partial charge >= 0.3 is 0 Å². The van der Waals surface area contributed by atoms with Crippen molar-refractivity contribution in [3.05, 3.63) is 16.8 Å². The number of nitrogens with one attached hydrogen (secondary N) is 1. The van der Waals surface area contributed by atoms with Crippen LogP contribution < -0.4 is 5.32 Å². The van der Waals surface area contributed by atoms with Gasteiger partial charge < -0.3 is 10.1 Å².